The molecule has 0 unspecified atom stereocenters. The third kappa shape index (κ3) is 2.85. The Morgan fingerprint density at radius 1 is 1.17 bits per heavy atom. The van der Waals surface area contributed by atoms with Gasteiger partial charge in [-0.05, 0) is 20.8 Å². The van der Waals surface area contributed by atoms with E-state index in [0.29, 0.717) is 0 Å². The number of rotatable bonds is 4. The second-order valence-corrected chi connectivity index (χ2v) is 5.39. The lowest BCUT2D eigenvalue weighted by molar-refractivity contribution is 0.843. The van der Waals surface area contributed by atoms with Gasteiger partial charge in [0.25, 0.3) is 0 Å². The largest absolute Gasteiger partial charge is 0.358 e. The molecule has 4 nitrogen and oxygen atoms in total. The first-order chi connectivity index (χ1) is 8.58. The Morgan fingerprint density at radius 3 is 2.61 bits per heavy atom. The summed E-state index contributed by atoms with van der Waals surface area (Å²) < 4.78 is 0. The summed E-state index contributed by atoms with van der Waals surface area (Å²) in [6.07, 6.45) is 2.81. The molecule has 0 aliphatic rings. The lowest BCUT2D eigenvalue weighted by Gasteiger charge is -2.19. The third-order valence-electron chi connectivity index (χ3n) is 2.93. The van der Waals surface area contributed by atoms with Crippen molar-refractivity contribution < 1.29 is 0 Å². The van der Waals surface area contributed by atoms with Crippen molar-refractivity contribution in [2.24, 2.45) is 0 Å². The molecule has 0 N–H and O–H groups in total. The van der Waals surface area contributed by atoms with E-state index in [2.05, 4.69) is 33.8 Å². The minimum atomic E-state index is 0.933. The van der Waals surface area contributed by atoms with Crippen molar-refractivity contribution in [3.8, 4) is 0 Å². The zero-order chi connectivity index (χ0) is 13.1. The molecule has 5 heteroatoms. The van der Waals surface area contributed by atoms with Gasteiger partial charge in [-0.1, -0.05) is 0 Å². The molecule has 0 aromatic carbocycles. The van der Waals surface area contributed by atoms with Crippen LogP contribution in [0.1, 0.15) is 22.0 Å². The van der Waals surface area contributed by atoms with Crippen molar-refractivity contribution >= 4 is 17.2 Å². The molecule has 96 valence electrons. The van der Waals surface area contributed by atoms with Gasteiger partial charge in [0.05, 0.1) is 22.6 Å². The van der Waals surface area contributed by atoms with Crippen LogP contribution in [0.4, 0.5) is 5.82 Å². The number of thiazole rings is 1. The van der Waals surface area contributed by atoms with Crippen LogP contribution in [0, 0.1) is 20.8 Å². The summed E-state index contributed by atoms with van der Waals surface area (Å²) in [5.74, 6) is 0.970. The summed E-state index contributed by atoms with van der Waals surface area (Å²) in [4.78, 5) is 16.7. The maximum atomic E-state index is 4.55. The fourth-order valence-electron chi connectivity index (χ4n) is 1.83. The predicted molar refractivity (Wildman–Crippen MR) is 75.3 cm³/mol. The van der Waals surface area contributed by atoms with Crippen LogP contribution in [0.3, 0.4) is 0 Å². The first-order valence-corrected chi connectivity index (χ1v) is 6.86. The zero-order valence-electron chi connectivity index (χ0n) is 11.3. The molecular weight excluding hydrogens is 244 g/mol. The van der Waals surface area contributed by atoms with Crippen molar-refractivity contribution in [2.45, 2.75) is 27.2 Å². The van der Waals surface area contributed by atoms with E-state index in [-0.39, 0.29) is 0 Å². The highest BCUT2D eigenvalue weighted by molar-refractivity contribution is 7.09. The van der Waals surface area contributed by atoms with Crippen molar-refractivity contribution in [1.82, 2.24) is 15.0 Å². The maximum absolute atomic E-state index is 4.55. The van der Waals surface area contributed by atoms with Crippen LogP contribution in [0.15, 0.2) is 11.7 Å². The van der Waals surface area contributed by atoms with Crippen LogP contribution in [0.2, 0.25) is 0 Å². The summed E-state index contributed by atoms with van der Waals surface area (Å²) in [5, 5.41) is 0. The number of hydrogen-bond acceptors (Lipinski definition) is 5. The first-order valence-electron chi connectivity index (χ1n) is 5.98. The lowest BCUT2D eigenvalue weighted by atomic mass is 10.3. The van der Waals surface area contributed by atoms with E-state index < -0.39 is 0 Å². The van der Waals surface area contributed by atoms with Crippen LogP contribution >= 0.6 is 11.3 Å². The minimum Gasteiger partial charge on any atom is -0.358 e. The molecule has 0 atom stereocenters. The quantitative estimate of drug-likeness (QED) is 0.849. The smallest absolute Gasteiger partial charge is 0.150 e. The Hall–Kier alpha value is -1.49. The number of nitrogens with zero attached hydrogens (tertiary/aromatic N) is 4. The topological polar surface area (TPSA) is 41.9 Å². The summed E-state index contributed by atoms with van der Waals surface area (Å²) in [5.41, 5.74) is 4.98. The molecule has 2 aromatic rings. The van der Waals surface area contributed by atoms with Gasteiger partial charge in [0.1, 0.15) is 5.82 Å². The summed E-state index contributed by atoms with van der Waals surface area (Å²) >= 11 is 1.72. The highest BCUT2D eigenvalue weighted by Gasteiger charge is 2.09. The number of anilines is 1. The van der Waals surface area contributed by atoms with Gasteiger partial charge in [-0.15, -0.1) is 11.3 Å². The molecule has 0 spiro atoms. The Balaban J connectivity index is 2.06. The van der Waals surface area contributed by atoms with Crippen LogP contribution in [0.5, 0.6) is 0 Å². The van der Waals surface area contributed by atoms with Gasteiger partial charge in [-0.2, -0.15) is 0 Å². The third-order valence-corrected chi connectivity index (χ3v) is 3.93. The van der Waals surface area contributed by atoms with Crippen LogP contribution < -0.4 is 4.90 Å². The van der Waals surface area contributed by atoms with Crippen molar-refractivity contribution in [1.29, 1.82) is 0 Å². The lowest BCUT2D eigenvalue weighted by Crippen LogP contribution is -2.23. The summed E-state index contributed by atoms with van der Waals surface area (Å²) in [6, 6.07) is 0. The van der Waals surface area contributed by atoms with Gasteiger partial charge in [0.2, 0.25) is 0 Å². The van der Waals surface area contributed by atoms with Gasteiger partial charge in [0, 0.05) is 31.1 Å². The van der Waals surface area contributed by atoms with E-state index in [1.165, 1.54) is 4.88 Å². The molecule has 0 saturated carbocycles. The number of likely N-dealkylation sites (N-methyl/N-ethyl adjacent to an activating group) is 1. The van der Waals surface area contributed by atoms with Crippen LogP contribution in [0.25, 0.3) is 0 Å². The highest BCUT2D eigenvalue weighted by atomic mass is 32.1. The van der Waals surface area contributed by atoms with Gasteiger partial charge in [0.15, 0.2) is 0 Å². The van der Waals surface area contributed by atoms with Crippen LogP contribution in [-0.4, -0.2) is 28.5 Å². The molecule has 0 aliphatic carbocycles. The monoisotopic (exact) mass is 262 g/mol. The first kappa shape index (κ1) is 13.0. The molecule has 0 radical (unpaired) electrons. The van der Waals surface area contributed by atoms with E-state index >= 15 is 0 Å². The number of aromatic nitrogens is 3. The van der Waals surface area contributed by atoms with Crippen molar-refractivity contribution in [3.63, 3.8) is 0 Å². The molecule has 0 amide bonds. The van der Waals surface area contributed by atoms with E-state index in [1.807, 2.05) is 19.4 Å². The Labute approximate surface area is 112 Å². The number of aryl methyl sites for hydroxylation is 3. The minimum absolute atomic E-state index is 0.933. The molecule has 18 heavy (non-hydrogen) atoms. The van der Waals surface area contributed by atoms with Gasteiger partial charge in [-0.3, -0.25) is 4.98 Å². The molecule has 2 rings (SSSR count). The predicted octanol–water partition coefficient (Wildman–Crippen LogP) is 2.54. The summed E-state index contributed by atoms with van der Waals surface area (Å²) in [7, 11) is 2.06. The fourth-order valence-corrected chi connectivity index (χ4v) is 2.60. The molecule has 0 saturated heterocycles. The van der Waals surface area contributed by atoms with Crippen LogP contribution in [-0.2, 0) is 6.42 Å². The van der Waals surface area contributed by atoms with Gasteiger partial charge >= 0.3 is 0 Å². The second kappa shape index (κ2) is 5.44. The Bertz CT molecular complexity index is 536. The standard InChI is InChI=1S/C13H18N4S/c1-9-7-14-11(3)13(16-9)17(4)6-5-12-10(2)15-8-18-12/h7-8H,5-6H2,1-4H3. The zero-order valence-corrected chi connectivity index (χ0v) is 12.1. The van der Waals surface area contributed by atoms with E-state index in [9.17, 15) is 0 Å². The average Bonchev–Trinajstić information content (AvgIpc) is 2.75. The molecule has 0 bridgehead atoms. The Kier molecular flexibility index (Phi) is 3.91. The van der Waals surface area contributed by atoms with E-state index in [4.69, 9.17) is 0 Å². The normalized spacial score (nSPS) is 10.7. The molecule has 2 heterocycles. The van der Waals surface area contributed by atoms with Crippen molar-refractivity contribution in [3.05, 3.63) is 33.7 Å². The average molecular weight is 262 g/mol. The fraction of sp³-hybridized carbons (Fsp3) is 0.462. The molecular formula is C13H18N4S. The highest BCUT2D eigenvalue weighted by Crippen LogP contribution is 2.17. The molecule has 2 aromatic heterocycles. The number of hydrogen-bond donors (Lipinski definition) is 0. The SMILES string of the molecule is Cc1cnc(C)c(N(C)CCc2scnc2C)n1. The van der Waals surface area contributed by atoms with Crippen molar-refractivity contribution in [2.75, 3.05) is 18.5 Å². The van der Waals surface area contributed by atoms with Gasteiger partial charge in [-0.25, -0.2) is 9.97 Å². The second-order valence-electron chi connectivity index (χ2n) is 4.45. The summed E-state index contributed by atoms with van der Waals surface area (Å²) in [6.45, 7) is 6.96. The maximum Gasteiger partial charge on any atom is 0.150 e. The molecule has 0 aliphatic heterocycles. The Morgan fingerprint density at radius 2 is 1.94 bits per heavy atom. The van der Waals surface area contributed by atoms with E-state index in [0.717, 1.165) is 35.9 Å². The van der Waals surface area contributed by atoms with Gasteiger partial charge < -0.3 is 4.90 Å². The van der Waals surface area contributed by atoms with E-state index in [1.54, 1.807) is 17.5 Å². The molecule has 0 fully saturated rings.